The molecule has 0 aromatic heterocycles. The summed E-state index contributed by atoms with van der Waals surface area (Å²) in [5, 5.41) is 3.12. The van der Waals surface area contributed by atoms with Crippen LogP contribution in [0.3, 0.4) is 0 Å². The van der Waals surface area contributed by atoms with Gasteiger partial charge in [-0.3, -0.25) is 4.90 Å². The Labute approximate surface area is 133 Å². The molecule has 1 atom stereocenters. The molecule has 3 rings (SSSR count). The molecule has 0 amide bonds. The quantitative estimate of drug-likeness (QED) is 0.892. The van der Waals surface area contributed by atoms with Gasteiger partial charge in [-0.1, -0.05) is 30.5 Å². The van der Waals surface area contributed by atoms with Crippen LogP contribution in [0.2, 0.25) is 5.02 Å². The van der Waals surface area contributed by atoms with Crippen LogP contribution >= 0.6 is 11.6 Å². The molecule has 2 nitrogen and oxygen atoms in total. The number of alkyl halides is 3. The van der Waals surface area contributed by atoms with Crippen LogP contribution in [0.5, 0.6) is 0 Å². The molecule has 2 aliphatic rings. The fourth-order valence-electron chi connectivity index (χ4n) is 3.13. The smallest absolute Gasteiger partial charge is 0.314 e. The van der Waals surface area contributed by atoms with Gasteiger partial charge in [0.1, 0.15) is 0 Å². The molecule has 22 heavy (non-hydrogen) atoms. The molecule has 1 aromatic rings. The third kappa shape index (κ3) is 3.76. The maximum Gasteiger partial charge on any atom is 0.417 e. The van der Waals surface area contributed by atoms with Crippen LogP contribution in [0.15, 0.2) is 18.2 Å². The Morgan fingerprint density at radius 3 is 2.45 bits per heavy atom. The van der Waals surface area contributed by atoms with Gasteiger partial charge in [-0.25, -0.2) is 0 Å². The van der Waals surface area contributed by atoms with Gasteiger partial charge in [-0.2, -0.15) is 13.2 Å². The lowest BCUT2D eigenvalue weighted by molar-refractivity contribution is -0.137. The van der Waals surface area contributed by atoms with Crippen molar-refractivity contribution in [3.8, 4) is 0 Å². The van der Waals surface area contributed by atoms with E-state index in [1.807, 2.05) is 0 Å². The number of halogens is 4. The van der Waals surface area contributed by atoms with Crippen LogP contribution < -0.4 is 5.32 Å². The predicted molar refractivity (Wildman–Crippen MR) is 81.0 cm³/mol. The SMILES string of the molecule is FC(F)(F)c1ccc([C@@H](CC2CC2)N2CCNCC2)cc1Cl. The summed E-state index contributed by atoms with van der Waals surface area (Å²) in [4.78, 5) is 2.37. The Hall–Kier alpha value is -0.780. The molecule has 0 unspecified atom stereocenters. The zero-order chi connectivity index (χ0) is 15.7. The van der Waals surface area contributed by atoms with Crippen LogP contribution in [0.1, 0.15) is 36.4 Å². The number of nitrogens with zero attached hydrogens (tertiary/aromatic N) is 1. The summed E-state index contributed by atoms with van der Waals surface area (Å²) in [6.07, 6.45) is -0.910. The van der Waals surface area contributed by atoms with Gasteiger partial charge in [0, 0.05) is 32.2 Å². The fourth-order valence-corrected chi connectivity index (χ4v) is 3.42. The van der Waals surface area contributed by atoms with Crippen LogP contribution in [0.4, 0.5) is 13.2 Å². The van der Waals surface area contributed by atoms with E-state index in [-0.39, 0.29) is 11.1 Å². The van der Waals surface area contributed by atoms with Gasteiger partial charge >= 0.3 is 6.18 Å². The molecular formula is C16H20ClF3N2. The molecule has 0 radical (unpaired) electrons. The van der Waals surface area contributed by atoms with Crippen molar-refractivity contribution in [2.24, 2.45) is 5.92 Å². The first-order valence-corrected chi connectivity index (χ1v) is 8.14. The third-order valence-corrected chi connectivity index (χ3v) is 4.84. The van der Waals surface area contributed by atoms with Crippen molar-refractivity contribution in [1.29, 1.82) is 0 Å². The van der Waals surface area contributed by atoms with Crippen LogP contribution in [0.25, 0.3) is 0 Å². The normalized spacial score (nSPS) is 21.8. The maximum absolute atomic E-state index is 12.9. The highest BCUT2D eigenvalue weighted by atomic mass is 35.5. The summed E-state index contributed by atoms with van der Waals surface area (Å²) in [5.41, 5.74) is 0.162. The molecule has 2 fully saturated rings. The summed E-state index contributed by atoms with van der Waals surface area (Å²) in [5.74, 6) is 0.709. The van der Waals surface area contributed by atoms with Crippen LogP contribution in [-0.2, 0) is 6.18 Å². The molecule has 1 N–H and O–H groups in total. The van der Waals surface area contributed by atoms with Crippen molar-refractivity contribution >= 4 is 11.6 Å². The molecule has 122 valence electrons. The highest BCUT2D eigenvalue weighted by Gasteiger charge is 2.35. The highest BCUT2D eigenvalue weighted by molar-refractivity contribution is 6.31. The number of benzene rings is 1. The number of hydrogen-bond acceptors (Lipinski definition) is 2. The Morgan fingerprint density at radius 1 is 1.23 bits per heavy atom. The molecule has 0 bridgehead atoms. The van der Waals surface area contributed by atoms with Gasteiger partial charge in [0.15, 0.2) is 0 Å². The van der Waals surface area contributed by atoms with Crippen molar-refractivity contribution in [3.63, 3.8) is 0 Å². The number of piperazine rings is 1. The monoisotopic (exact) mass is 332 g/mol. The molecule has 6 heteroatoms. The van der Waals surface area contributed by atoms with E-state index in [0.29, 0.717) is 5.92 Å². The van der Waals surface area contributed by atoms with Crippen LogP contribution in [0, 0.1) is 5.92 Å². The lowest BCUT2D eigenvalue weighted by Crippen LogP contribution is -2.45. The summed E-state index contributed by atoms with van der Waals surface area (Å²) < 4.78 is 38.6. The molecule has 0 spiro atoms. The van der Waals surface area contributed by atoms with Gasteiger partial charge in [-0.05, 0) is 30.0 Å². The maximum atomic E-state index is 12.9. The second-order valence-electron chi connectivity index (χ2n) is 6.22. The van der Waals surface area contributed by atoms with E-state index in [1.165, 1.54) is 18.9 Å². The van der Waals surface area contributed by atoms with E-state index in [2.05, 4.69) is 10.2 Å². The molecular weight excluding hydrogens is 313 g/mol. The minimum Gasteiger partial charge on any atom is -0.314 e. The molecule has 1 heterocycles. The summed E-state index contributed by atoms with van der Waals surface area (Å²) in [6, 6.07) is 4.41. The van der Waals surface area contributed by atoms with Crippen molar-refractivity contribution in [2.75, 3.05) is 26.2 Å². The van der Waals surface area contributed by atoms with Crippen molar-refractivity contribution in [2.45, 2.75) is 31.5 Å². The first kappa shape index (κ1) is 16.1. The first-order chi connectivity index (χ1) is 10.4. The van der Waals surface area contributed by atoms with Gasteiger partial charge in [0.25, 0.3) is 0 Å². The molecule has 1 saturated carbocycles. The van der Waals surface area contributed by atoms with Crippen molar-refractivity contribution in [1.82, 2.24) is 10.2 Å². The van der Waals surface area contributed by atoms with Crippen molar-refractivity contribution < 1.29 is 13.2 Å². The summed E-state index contributed by atoms with van der Waals surface area (Å²) in [7, 11) is 0. The Kier molecular flexibility index (Phi) is 4.67. The summed E-state index contributed by atoms with van der Waals surface area (Å²) >= 11 is 5.90. The second-order valence-corrected chi connectivity index (χ2v) is 6.63. The minimum absolute atomic E-state index is 0.175. The zero-order valence-electron chi connectivity index (χ0n) is 12.3. The lowest BCUT2D eigenvalue weighted by atomic mass is 9.97. The predicted octanol–water partition coefficient (Wildman–Crippen LogP) is 4.11. The van der Waals surface area contributed by atoms with Crippen LogP contribution in [-0.4, -0.2) is 31.1 Å². The first-order valence-electron chi connectivity index (χ1n) is 7.76. The van der Waals surface area contributed by atoms with E-state index in [9.17, 15) is 13.2 Å². The molecule has 1 aliphatic heterocycles. The average Bonchev–Trinajstić information content (AvgIpc) is 3.28. The van der Waals surface area contributed by atoms with Gasteiger partial charge in [0.2, 0.25) is 0 Å². The number of nitrogens with one attached hydrogen (secondary N) is 1. The second kappa shape index (κ2) is 6.38. The Balaban J connectivity index is 1.84. The highest BCUT2D eigenvalue weighted by Crippen LogP contribution is 2.42. The van der Waals surface area contributed by atoms with Crippen molar-refractivity contribution in [3.05, 3.63) is 34.3 Å². The van der Waals surface area contributed by atoms with E-state index in [1.54, 1.807) is 6.07 Å². The third-order valence-electron chi connectivity index (χ3n) is 4.53. The fraction of sp³-hybridized carbons (Fsp3) is 0.625. The summed E-state index contributed by atoms with van der Waals surface area (Å²) in [6.45, 7) is 3.71. The minimum atomic E-state index is -4.39. The average molecular weight is 333 g/mol. The zero-order valence-corrected chi connectivity index (χ0v) is 13.1. The molecule has 1 saturated heterocycles. The van der Waals surface area contributed by atoms with E-state index in [0.717, 1.165) is 44.2 Å². The van der Waals surface area contributed by atoms with Gasteiger partial charge in [-0.15, -0.1) is 0 Å². The van der Waals surface area contributed by atoms with Gasteiger partial charge in [0.05, 0.1) is 10.6 Å². The number of hydrogen-bond donors (Lipinski definition) is 1. The Bertz CT molecular complexity index is 523. The molecule has 1 aromatic carbocycles. The number of rotatable bonds is 4. The topological polar surface area (TPSA) is 15.3 Å². The lowest BCUT2D eigenvalue weighted by Gasteiger charge is -2.35. The standard InChI is InChI=1S/C16H20ClF3N2/c17-14-10-12(3-4-13(14)16(18,19)20)15(9-11-1-2-11)22-7-5-21-6-8-22/h3-4,10-11,15,21H,1-2,5-9H2/t15-/m1/s1. The largest absolute Gasteiger partial charge is 0.417 e. The Morgan fingerprint density at radius 2 is 1.91 bits per heavy atom. The van der Waals surface area contributed by atoms with E-state index < -0.39 is 11.7 Å². The van der Waals surface area contributed by atoms with E-state index in [4.69, 9.17) is 11.6 Å². The van der Waals surface area contributed by atoms with Gasteiger partial charge < -0.3 is 5.32 Å². The van der Waals surface area contributed by atoms with E-state index >= 15 is 0 Å². The molecule has 1 aliphatic carbocycles.